The number of benzene rings is 2. The van der Waals surface area contributed by atoms with Crippen LogP contribution in [0.5, 0.6) is 0 Å². The van der Waals surface area contributed by atoms with E-state index in [1.54, 1.807) is 0 Å². The van der Waals surface area contributed by atoms with Gasteiger partial charge in [-0.2, -0.15) is 0 Å². The molecule has 158 valence electrons. The topological polar surface area (TPSA) is 14.1 Å². The van der Waals surface area contributed by atoms with Crippen LogP contribution in [0.2, 0.25) is 0 Å². The fraction of sp³-hybridized carbons (Fsp3) is 0.571. The molecule has 0 saturated heterocycles. The molecule has 0 N–H and O–H groups in total. The normalized spacial score (nSPS) is 13.7. The molecule has 1 aromatic heterocycles. The quantitative estimate of drug-likeness (QED) is 0.479. The minimum atomic E-state index is 0. The first-order valence-electron chi connectivity index (χ1n) is 11.0. The van der Waals surface area contributed by atoms with E-state index in [9.17, 15) is 0 Å². The fourth-order valence-corrected chi connectivity index (χ4v) is 4.04. The molecule has 0 aliphatic rings. The summed E-state index contributed by atoms with van der Waals surface area (Å²) >= 11 is 0. The average Bonchev–Trinajstić information content (AvgIpc) is 2.87. The summed E-state index contributed by atoms with van der Waals surface area (Å²) < 4.78 is 0. The third-order valence-corrected chi connectivity index (χ3v) is 6.08. The Morgan fingerprint density at radius 2 is 0.767 bits per heavy atom. The summed E-state index contributed by atoms with van der Waals surface area (Å²) in [6.07, 6.45) is 0. The minimum absolute atomic E-state index is 0. The van der Waals surface area contributed by atoms with Gasteiger partial charge in [0.1, 0.15) is 0 Å². The van der Waals surface area contributed by atoms with Crippen molar-refractivity contribution in [1.82, 2.24) is 4.98 Å². The first kappa shape index (κ1) is 25.1. The first-order chi connectivity index (χ1) is 12.9. The van der Waals surface area contributed by atoms with Crippen LogP contribution in [0.4, 0.5) is 0 Å². The predicted octanol–water partition coefficient (Wildman–Crippen LogP) is 5.14. The molecule has 0 unspecified atom stereocenters. The standard InChI is InChI=1S/C28H40N.Li/c1-25(2,3)17-13-19-20-14-18(26(4,5)6)16-22(28(10,11)12)24(20)29-23(19)21(15-17)27(7,8)9;/h13-16H,1-12H3;/q-1;+1. The van der Waals surface area contributed by atoms with Crippen LogP contribution in [0, 0.1) is 0 Å². The zero-order chi connectivity index (χ0) is 22.2. The van der Waals surface area contributed by atoms with E-state index < -0.39 is 0 Å². The van der Waals surface area contributed by atoms with Crippen molar-refractivity contribution in [3.63, 3.8) is 0 Å². The van der Waals surface area contributed by atoms with Crippen molar-refractivity contribution < 1.29 is 18.9 Å². The smallest absolute Gasteiger partial charge is 0.656 e. The summed E-state index contributed by atoms with van der Waals surface area (Å²) in [5.74, 6) is 0. The Hall–Kier alpha value is -1.16. The van der Waals surface area contributed by atoms with Gasteiger partial charge in [-0.1, -0.05) is 118 Å². The molecule has 0 aliphatic carbocycles. The third kappa shape index (κ3) is 4.54. The Morgan fingerprint density at radius 3 is 1.00 bits per heavy atom. The Kier molecular flexibility index (Phi) is 6.24. The van der Waals surface area contributed by atoms with E-state index >= 15 is 0 Å². The molecule has 0 amide bonds. The van der Waals surface area contributed by atoms with Gasteiger partial charge in [0.25, 0.3) is 0 Å². The number of fused-ring (bicyclic) bond motifs is 3. The molecular formula is C28H40LiN. The van der Waals surface area contributed by atoms with E-state index in [1.165, 1.54) is 44.1 Å². The summed E-state index contributed by atoms with van der Waals surface area (Å²) in [5.41, 5.74) is 8.15. The molecule has 0 atom stereocenters. The van der Waals surface area contributed by atoms with Crippen molar-refractivity contribution in [3.8, 4) is 0 Å². The number of nitrogens with zero attached hydrogens (tertiary/aromatic N) is 1. The van der Waals surface area contributed by atoms with E-state index in [1.807, 2.05) is 0 Å². The van der Waals surface area contributed by atoms with E-state index in [0.29, 0.717) is 0 Å². The van der Waals surface area contributed by atoms with Crippen LogP contribution < -0.4 is 23.8 Å². The Labute approximate surface area is 196 Å². The molecule has 2 aromatic carbocycles. The van der Waals surface area contributed by atoms with Gasteiger partial charge in [0, 0.05) is 0 Å². The van der Waals surface area contributed by atoms with Crippen molar-refractivity contribution in [3.05, 3.63) is 46.5 Å². The molecule has 0 bridgehead atoms. The molecule has 1 heterocycles. The molecule has 2 heteroatoms. The molecule has 1 nitrogen and oxygen atoms in total. The maximum Gasteiger partial charge on any atom is 1.00 e. The van der Waals surface area contributed by atoms with Crippen molar-refractivity contribution in [2.75, 3.05) is 0 Å². The number of aromatic nitrogens is 1. The van der Waals surface area contributed by atoms with E-state index in [-0.39, 0.29) is 40.5 Å². The monoisotopic (exact) mass is 397 g/mol. The van der Waals surface area contributed by atoms with E-state index in [2.05, 4.69) is 107 Å². The molecular weight excluding hydrogens is 357 g/mol. The van der Waals surface area contributed by atoms with Gasteiger partial charge in [-0.3, -0.25) is 0 Å². The second-order valence-electron chi connectivity index (χ2n) is 13.0. The van der Waals surface area contributed by atoms with E-state index in [4.69, 9.17) is 4.98 Å². The molecule has 30 heavy (non-hydrogen) atoms. The van der Waals surface area contributed by atoms with Crippen LogP contribution in [-0.4, -0.2) is 0 Å². The minimum Gasteiger partial charge on any atom is -0.656 e. The number of rotatable bonds is 0. The molecule has 3 rings (SSSR count). The number of hydrogen-bond acceptors (Lipinski definition) is 0. The van der Waals surface area contributed by atoms with Gasteiger partial charge >= 0.3 is 18.9 Å². The summed E-state index contributed by atoms with van der Waals surface area (Å²) in [4.78, 5) is 5.29. The van der Waals surface area contributed by atoms with Crippen molar-refractivity contribution in [2.45, 2.75) is 105 Å². The van der Waals surface area contributed by atoms with Gasteiger partial charge in [0.15, 0.2) is 0 Å². The van der Waals surface area contributed by atoms with Gasteiger partial charge in [-0.25, -0.2) is 0 Å². The number of hydrogen-bond donors (Lipinski definition) is 0. The first-order valence-corrected chi connectivity index (χ1v) is 11.0. The van der Waals surface area contributed by atoms with Crippen LogP contribution in [0.15, 0.2) is 24.3 Å². The summed E-state index contributed by atoms with van der Waals surface area (Å²) in [7, 11) is 0. The maximum atomic E-state index is 5.29. The fourth-order valence-electron chi connectivity index (χ4n) is 4.04. The van der Waals surface area contributed by atoms with Gasteiger partial charge in [0.05, 0.1) is 0 Å². The summed E-state index contributed by atoms with van der Waals surface area (Å²) in [5, 5.41) is 2.63. The Balaban J connectivity index is 0.00000320. The molecule has 0 aliphatic heterocycles. The largest absolute Gasteiger partial charge is 1.00 e. The van der Waals surface area contributed by atoms with Gasteiger partial charge in [-0.15, -0.1) is 11.0 Å². The van der Waals surface area contributed by atoms with Crippen LogP contribution in [-0.2, 0) is 21.7 Å². The zero-order valence-electron chi connectivity index (χ0n) is 21.8. The predicted molar refractivity (Wildman–Crippen MR) is 130 cm³/mol. The summed E-state index contributed by atoms with van der Waals surface area (Å²) in [6, 6.07) is 9.60. The zero-order valence-corrected chi connectivity index (χ0v) is 21.8. The second-order valence-corrected chi connectivity index (χ2v) is 13.0. The van der Waals surface area contributed by atoms with Crippen LogP contribution >= 0.6 is 0 Å². The molecule has 0 saturated carbocycles. The molecule has 0 fully saturated rings. The second kappa shape index (κ2) is 7.46. The molecule has 0 spiro atoms. The Morgan fingerprint density at radius 1 is 0.467 bits per heavy atom. The molecule has 3 aromatic rings. The van der Waals surface area contributed by atoms with E-state index in [0.717, 1.165) is 0 Å². The Bertz CT molecular complexity index is 985. The van der Waals surface area contributed by atoms with Crippen LogP contribution in [0.1, 0.15) is 105 Å². The van der Waals surface area contributed by atoms with Gasteiger partial charge in [-0.05, 0) is 43.6 Å². The van der Waals surface area contributed by atoms with Crippen molar-refractivity contribution in [1.29, 1.82) is 0 Å². The van der Waals surface area contributed by atoms with Crippen LogP contribution in [0.25, 0.3) is 21.8 Å². The van der Waals surface area contributed by atoms with Crippen molar-refractivity contribution in [2.24, 2.45) is 0 Å². The van der Waals surface area contributed by atoms with Crippen LogP contribution in [0.3, 0.4) is 0 Å². The summed E-state index contributed by atoms with van der Waals surface area (Å²) in [6.45, 7) is 27.7. The van der Waals surface area contributed by atoms with Gasteiger partial charge < -0.3 is 4.98 Å². The third-order valence-electron chi connectivity index (χ3n) is 6.08. The SMILES string of the molecule is CC(C)(C)c1cc(C(C)(C)C)c2[n-]c3c(C(C)(C)C)cc(C(C)(C)C)cc3c2c1.[Li+]. The average molecular weight is 398 g/mol. The van der Waals surface area contributed by atoms with Gasteiger partial charge in [0.2, 0.25) is 0 Å². The maximum absolute atomic E-state index is 5.29. The van der Waals surface area contributed by atoms with Crippen molar-refractivity contribution >= 4 is 21.8 Å². The molecule has 0 radical (unpaired) electrons.